The molecule has 0 bridgehead atoms. The SMILES string of the molecule is c1ccc(CC(CCCc2cncn2Cc2ccccc2)c2ccccc2)cc1. The summed E-state index contributed by atoms with van der Waals surface area (Å²) in [5, 5.41) is 0. The van der Waals surface area contributed by atoms with Gasteiger partial charge in [-0.2, -0.15) is 0 Å². The van der Waals surface area contributed by atoms with Gasteiger partial charge >= 0.3 is 0 Å². The van der Waals surface area contributed by atoms with E-state index in [-0.39, 0.29) is 0 Å². The summed E-state index contributed by atoms with van der Waals surface area (Å²) in [4.78, 5) is 4.40. The Kier molecular flexibility index (Phi) is 6.54. The van der Waals surface area contributed by atoms with Crippen molar-refractivity contribution in [2.45, 2.75) is 38.1 Å². The van der Waals surface area contributed by atoms with Crippen molar-refractivity contribution in [3.8, 4) is 0 Å². The molecular formula is C27H28N2. The van der Waals surface area contributed by atoms with Crippen LogP contribution in [0.15, 0.2) is 104 Å². The minimum Gasteiger partial charge on any atom is -0.330 e. The van der Waals surface area contributed by atoms with Crippen molar-refractivity contribution in [1.82, 2.24) is 9.55 Å². The average molecular weight is 381 g/mol. The van der Waals surface area contributed by atoms with Crippen molar-refractivity contribution in [3.05, 3.63) is 126 Å². The summed E-state index contributed by atoms with van der Waals surface area (Å²) in [5.74, 6) is 0.545. The van der Waals surface area contributed by atoms with E-state index in [0.29, 0.717) is 5.92 Å². The van der Waals surface area contributed by atoms with Gasteiger partial charge in [0.25, 0.3) is 0 Å². The monoisotopic (exact) mass is 380 g/mol. The lowest BCUT2D eigenvalue weighted by atomic mass is 9.87. The molecule has 0 aliphatic rings. The van der Waals surface area contributed by atoms with Gasteiger partial charge in [0.05, 0.1) is 6.33 Å². The molecule has 0 aliphatic carbocycles. The fraction of sp³-hybridized carbons (Fsp3) is 0.222. The Labute approximate surface area is 173 Å². The zero-order valence-electron chi connectivity index (χ0n) is 16.8. The van der Waals surface area contributed by atoms with Crippen LogP contribution in [0.2, 0.25) is 0 Å². The quantitative estimate of drug-likeness (QED) is 0.334. The molecule has 1 aromatic heterocycles. The average Bonchev–Trinajstić information content (AvgIpc) is 3.22. The molecule has 0 saturated heterocycles. The second-order valence-electron chi connectivity index (χ2n) is 7.69. The molecule has 1 atom stereocenters. The van der Waals surface area contributed by atoms with Gasteiger partial charge in [-0.1, -0.05) is 91.0 Å². The molecular weight excluding hydrogens is 352 g/mol. The van der Waals surface area contributed by atoms with Gasteiger partial charge in [0.1, 0.15) is 0 Å². The van der Waals surface area contributed by atoms with E-state index in [1.54, 1.807) is 0 Å². The second-order valence-corrected chi connectivity index (χ2v) is 7.69. The molecule has 146 valence electrons. The highest BCUT2D eigenvalue weighted by atomic mass is 15.0. The Hall–Kier alpha value is -3.13. The summed E-state index contributed by atoms with van der Waals surface area (Å²) in [6, 6.07) is 32.4. The number of imidazole rings is 1. The smallest absolute Gasteiger partial charge is 0.0951 e. The summed E-state index contributed by atoms with van der Waals surface area (Å²) in [6.45, 7) is 0.891. The van der Waals surface area contributed by atoms with Crippen molar-refractivity contribution in [2.24, 2.45) is 0 Å². The molecule has 0 aliphatic heterocycles. The van der Waals surface area contributed by atoms with Crippen LogP contribution in [-0.4, -0.2) is 9.55 Å². The van der Waals surface area contributed by atoms with Crippen LogP contribution in [0.3, 0.4) is 0 Å². The number of aryl methyl sites for hydroxylation is 1. The molecule has 0 amide bonds. The number of benzene rings is 3. The predicted octanol–water partition coefficient (Wildman–Crippen LogP) is 6.28. The van der Waals surface area contributed by atoms with Crippen molar-refractivity contribution < 1.29 is 0 Å². The first-order valence-corrected chi connectivity index (χ1v) is 10.5. The fourth-order valence-corrected chi connectivity index (χ4v) is 4.02. The Balaban J connectivity index is 1.40. The minimum absolute atomic E-state index is 0.545. The Morgan fingerprint density at radius 1 is 0.724 bits per heavy atom. The Bertz CT molecular complexity index is 975. The zero-order valence-corrected chi connectivity index (χ0v) is 16.8. The van der Waals surface area contributed by atoms with Gasteiger partial charge in [0.2, 0.25) is 0 Å². The summed E-state index contributed by atoms with van der Waals surface area (Å²) in [6.07, 6.45) is 8.47. The highest BCUT2D eigenvalue weighted by Gasteiger charge is 2.13. The molecule has 2 nitrogen and oxygen atoms in total. The summed E-state index contributed by atoms with van der Waals surface area (Å²) in [5.41, 5.74) is 5.49. The number of aromatic nitrogens is 2. The van der Waals surface area contributed by atoms with Crippen LogP contribution in [0.25, 0.3) is 0 Å². The number of rotatable bonds is 9. The van der Waals surface area contributed by atoms with Crippen LogP contribution in [0, 0.1) is 0 Å². The molecule has 0 radical (unpaired) electrons. The van der Waals surface area contributed by atoms with Crippen molar-refractivity contribution >= 4 is 0 Å². The lowest BCUT2D eigenvalue weighted by Gasteiger charge is -2.18. The molecule has 0 saturated carbocycles. The second kappa shape index (κ2) is 9.88. The van der Waals surface area contributed by atoms with E-state index in [2.05, 4.69) is 101 Å². The molecule has 1 unspecified atom stereocenters. The van der Waals surface area contributed by atoms with Gasteiger partial charge < -0.3 is 4.57 Å². The van der Waals surface area contributed by atoms with Crippen LogP contribution in [0.5, 0.6) is 0 Å². The highest BCUT2D eigenvalue weighted by Crippen LogP contribution is 2.26. The first-order valence-electron chi connectivity index (χ1n) is 10.5. The number of hydrogen-bond donors (Lipinski definition) is 0. The van der Waals surface area contributed by atoms with Crippen molar-refractivity contribution in [1.29, 1.82) is 0 Å². The Morgan fingerprint density at radius 2 is 1.34 bits per heavy atom. The van der Waals surface area contributed by atoms with Crippen LogP contribution in [0.4, 0.5) is 0 Å². The molecule has 4 rings (SSSR count). The highest BCUT2D eigenvalue weighted by molar-refractivity contribution is 5.24. The lowest BCUT2D eigenvalue weighted by molar-refractivity contribution is 0.576. The third-order valence-electron chi connectivity index (χ3n) is 5.58. The van der Waals surface area contributed by atoms with E-state index < -0.39 is 0 Å². The molecule has 0 spiro atoms. The van der Waals surface area contributed by atoms with E-state index in [1.807, 2.05) is 12.5 Å². The molecule has 29 heavy (non-hydrogen) atoms. The zero-order chi connectivity index (χ0) is 19.7. The van der Waals surface area contributed by atoms with E-state index in [9.17, 15) is 0 Å². The third kappa shape index (κ3) is 5.45. The number of nitrogens with zero attached hydrogens (tertiary/aromatic N) is 2. The first-order chi connectivity index (χ1) is 14.4. The first kappa shape index (κ1) is 19.2. The predicted molar refractivity (Wildman–Crippen MR) is 120 cm³/mol. The summed E-state index contributed by atoms with van der Waals surface area (Å²) >= 11 is 0. The molecule has 3 aromatic carbocycles. The van der Waals surface area contributed by atoms with E-state index in [0.717, 1.165) is 25.8 Å². The van der Waals surface area contributed by atoms with Gasteiger partial charge in [-0.3, -0.25) is 0 Å². The van der Waals surface area contributed by atoms with E-state index in [4.69, 9.17) is 0 Å². The third-order valence-corrected chi connectivity index (χ3v) is 5.58. The minimum atomic E-state index is 0.545. The summed E-state index contributed by atoms with van der Waals surface area (Å²) in [7, 11) is 0. The normalized spacial score (nSPS) is 12.0. The van der Waals surface area contributed by atoms with Gasteiger partial charge in [-0.25, -0.2) is 4.98 Å². The van der Waals surface area contributed by atoms with Gasteiger partial charge in [0.15, 0.2) is 0 Å². The van der Waals surface area contributed by atoms with Gasteiger partial charge in [-0.05, 0) is 48.3 Å². The Morgan fingerprint density at radius 3 is 2.03 bits per heavy atom. The largest absolute Gasteiger partial charge is 0.330 e. The van der Waals surface area contributed by atoms with Gasteiger partial charge in [0, 0.05) is 18.4 Å². The van der Waals surface area contributed by atoms with Crippen LogP contribution >= 0.6 is 0 Å². The maximum Gasteiger partial charge on any atom is 0.0951 e. The van der Waals surface area contributed by atoms with E-state index >= 15 is 0 Å². The topological polar surface area (TPSA) is 17.8 Å². The van der Waals surface area contributed by atoms with E-state index in [1.165, 1.54) is 28.8 Å². The van der Waals surface area contributed by atoms with Crippen molar-refractivity contribution in [3.63, 3.8) is 0 Å². The maximum atomic E-state index is 4.40. The van der Waals surface area contributed by atoms with Crippen LogP contribution in [0.1, 0.15) is 41.1 Å². The van der Waals surface area contributed by atoms with Crippen LogP contribution in [-0.2, 0) is 19.4 Å². The molecule has 4 aromatic rings. The number of hydrogen-bond acceptors (Lipinski definition) is 1. The van der Waals surface area contributed by atoms with Gasteiger partial charge in [-0.15, -0.1) is 0 Å². The summed E-state index contributed by atoms with van der Waals surface area (Å²) < 4.78 is 2.28. The molecule has 0 N–H and O–H groups in total. The van der Waals surface area contributed by atoms with Crippen molar-refractivity contribution in [2.75, 3.05) is 0 Å². The molecule has 2 heteroatoms. The van der Waals surface area contributed by atoms with Crippen LogP contribution < -0.4 is 0 Å². The molecule has 1 heterocycles. The maximum absolute atomic E-state index is 4.40. The lowest BCUT2D eigenvalue weighted by Crippen LogP contribution is -2.06. The standard InChI is InChI=1S/C27H28N2/c1-4-11-23(12-5-1)19-26(25-15-8-3-9-16-25)17-10-18-27-20-28-22-29(27)21-24-13-6-2-7-14-24/h1-9,11-16,20,22,26H,10,17-19,21H2. The molecule has 0 fully saturated rings. The fourth-order valence-electron chi connectivity index (χ4n) is 4.02.